The molecule has 0 aromatic rings. The van der Waals surface area contributed by atoms with E-state index in [-0.39, 0.29) is 0 Å². The van der Waals surface area contributed by atoms with Crippen molar-refractivity contribution in [3.63, 3.8) is 0 Å². The lowest BCUT2D eigenvalue weighted by Crippen LogP contribution is -2.31. The van der Waals surface area contributed by atoms with Crippen LogP contribution >= 0.6 is 0 Å². The molecule has 1 fully saturated rings. The zero-order valence-corrected chi connectivity index (χ0v) is 8.80. The minimum absolute atomic E-state index is 0.488. The maximum Gasteiger partial charge on any atom is 0.0797 e. The van der Waals surface area contributed by atoms with Gasteiger partial charge >= 0.3 is 0 Å². The number of hydrogen-bond acceptors (Lipinski definition) is 2. The third kappa shape index (κ3) is 2.72. The second kappa shape index (κ2) is 4.13. The highest BCUT2D eigenvalue weighted by Gasteiger charge is 2.37. The van der Waals surface area contributed by atoms with Gasteiger partial charge in [-0.15, -0.1) is 11.8 Å². The van der Waals surface area contributed by atoms with Crippen LogP contribution < -0.4 is 0 Å². The molecule has 74 valence electrons. The minimum atomic E-state index is -0.488. The molecule has 0 radical (unpaired) electrons. The zero-order valence-electron chi connectivity index (χ0n) is 8.80. The van der Waals surface area contributed by atoms with Gasteiger partial charge in [0.1, 0.15) is 0 Å². The Kier molecular flexibility index (Phi) is 3.35. The summed E-state index contributed by atoms with van der Waals surface area (Å²) < 4.78 is 0. The molecule has 2 atom stereocenters. The number of nitrogens with zero attached hydrogens (tertiary/aromatic N) is 1. The van der Waals surface area contributed by atoms with Crippen molar-refractivity contribution in [2.45, 2.75) is 44.8 Å². The molecule has 1 aliphatic heterocycles. The van der Waals surface area contributed by atoms with E-state index in [0.29, 0.717) is 6.04 Å². The minimum Gasteiger partial charge on any atom is -0.388 e. The first kappa shape index (κ1) is 10.6. The predicted molar refractivity (Wildman–Crippen MR) is 54.3 cm³/mol. The van der Waals surface area contributed by atoms with Crippen molar-refractivity contribution >= 4 is 0 Å². The highest BCUT2D eigenvalue weighted by atomic mass is 16.3. The molecule has 2 heteroatoms. The molecular formula is C11H19NO. The van der Waals surface area contributed by atoms with E-state index in [2.05, 4.69) is 30.7 Å². The van der Waals surface area contributed by atoms with Gasteiger partial charge in [-0.05, 0) is 33.7 Å². The van der Waals surface area contributed by atoms with E-state index in [1.165, 1.54) is 0 Å². The van der Waals surface area contributed by atoms with E-state index in [0.717, 1.165) is 25.8 Å². The molecule has 0 saturated carbocycles. The smallest absolute Gasteiger partial charge is 0.0797 e. The molecule has 0 amide bonds. The van der Waals surface area contributed by atoms with Crippen LogP contribution in [0.1, 0.15) is 33.1 Å². The van der Waals surface area contributed by atoms with E-state index < -0.39 is 5.60 Å². The Morgan fingerprint density at radius 2 is 2.31 bits per heavy atom. The monoisotopic (exact) mass is 181 g/mol. The topological polar surface area (TPSA) is 23.5 Å². The Bertz CT molecular complexity index is 216. The summed E-state index contributed by atoms with van der Waals surface area (Å²) in [5.41, 5.74) is -0.488. The maximum absolute atomic E-state index is 10.1. The van der Waals surface area contributed by atoms with Gasteiger partial charge in [0.15, 0.2) is 0 Å². The quantitative estimate of drug-likeness (QED) is 0.648. The predicted octanol–water partition coefficient (Wildman–Crippen LogP) is 1.25. The average Bonchev–Trinajstić information content (AvgIpc) is 2.27. The van der Waals surface area contributed by atoms with Crippen LogP contribution in [0.5, 0.6) is 0 Å². The number of likely N-dealkylation sites (tertiary alicyclic amines) is 1. The van der Waals surface area contributed by atoms with E-state index >= 15 is 0 Å². The molecule has 1 N–H and O–H groups in total. The molecule has 0 bridgehead atoms. The van der Waals surface area contributed by atoms with Gasteiger partial charge in [0.25, 0.3) is 0 Å². The van der Waals surface area contributed by atoms with Gasteiger partial charge in [-0.3, -0.25) is 0 Å². The summed E-state index contributed by atoms with van der Waals surface area (Å²) in [7, 11) is 2.06. The van der Waals surface area contributed by atoms with Crippen molar-refractivity contribution in [1.82, 2.24) is 4.90 Å². The van der Waals surface area contributed by atoms with Crippen molar-refractivity contribution in [3.05, 3.63) is 0 Å². The SMILES string of the molecule is CC#CCCC1(O)CC(C)N(C)C1. The fourth-order valence-corrected chi connectivity index (χ4v) is 1.99. The van der Waals surface area contributed by atoms with E-state index in [9.17, 15) is 5.11 Å². The van der Waals surface area contributed by atoms with Crippen LogP contribution in [0.2, 0.25) is 0 Å². The second-order valence-corrected chi connectivity index (χ2v) is 4.12. The molecule has 1 saturated heterocycles. The van der Waals surface area contributed by atoms with Crippen LogP contribution in [0.25, 0.3) is 0 Å². The summed E-state index contributed by atoms with van der Waals surface area (Å²) in [5.74, 6) is 5.86. The van der Waals surface area contributed by atoms with Gasteiger partial charge in [0.2, 0.25) is 0 Å². The van der Waals surface area contributed by atoms with Gasteiger partial charge in [-0.1, -0.05) is 0 Å². The molecular weight excluding hydrogens is 162 g/mol. The molecule has 0 aromatic heterocycles. The van der Waals surface area contributed by atoms with Crippen LogP contribution in [-0.4, -0.2) is 35.2 Å². The van der Waals surface area contributed by atoms with Crippen LogP contribution in [0, 0.1) is 11.8 Å². The Balaban J connectivity index is 2.43. The normalized spacial score (nSPS) is 34.3. The van der Waals surface area contributed by atoms with Crippen LogP contribution in [0.15, 0.2) is 0 Å². The Hall–Kier alpha value is -0.520. The molecule has 0 aromatic carbocycles. The largest absolute Gasteiger partial charge is 0.388 e. The van der Waals surface area contributed by atoms with Gasteiger partial charge in [-0.2, -0.15) is 0 Å². The average molecular weight is 181 g/mol. The molecule has 1 rings (SSSR count). The first-order chi connectivity index (χ1) is 6.07. The fraction of sp³-hybridized carbons (Fsp3) is 0.818. The first-order valence-electron chi connectivity index (χ1n) is 4.90. The molecule has 13 heavy (non-hydrogen) atoms. The third-order valence-corrected chi connectivity index (χ3v) is 2.86. The Morgan fingerprint density at radius 3 is 2.77 bits per heavy atom. The van der Waals surface area contributed by atoms with Crippen molar-refractivity contribution in [3.8, 4) is 11.8 Å². The number of hydrogen-bond donors (Lipinski definition) is 1. The van der Waals surface area contributed by atoms with Crippen molar-refractivity contribution in [2.75, 3.05) is 13.6 Å². The Morgan fingerprint density at radius 1 is 1.62 bits per heavy atom. The standard InChI is InChI=1S/C11H19NO/c1-4-5-6-7-11(13)8-10(2)12(3)9-11/h10,13H,6-9H2,1-3H3. The summed E-state index contributed by atoms with van der Waals surface area (Å²) in [6.07, 6.45) is 2.50. The summed E-state index contributed by atoms with van der Waals surface area (Å²) in [6.45, 7) is 4.79. The number of likely N-dealkylation sites (N-methyl/N-ethyl adjacent to an activating group) is 1. The summed E-state index contributed by atoms with van der Waals surface area (Å²) in [5, 5.41) is 10.1. The van der Waals surface area contributed by atoms with Crippen molar-refractivity contribution in [1.29, 1.82) is 0 Å². The number of rotatable bonds is 2. The number of β-amino-alcohol motifs (C(OH)–C–C–N with tert-alkyl or cyclic N) is 1. The van der Waals surface area contributed by atoms with E-state index in [4.69, 9.17) is 0 Å². The Labute approximate surface area is 80.9 Å². The van der Waals surface area contributed by atoms with Gasteiger partial charge in [-0.25, -0.2) is 0 Å². The lowest BCUT2D eigenvalue weighted by atomic mass is 9.95. The lowest BCUT2D eigenvalue weighted by Gasteiger charge is -2.20. The fourth-order valence-electron chi connectivity index (χ4n) is 1.99. The van der Waals surface area contributed by atoms with E-state index in [1.807, 2.05) is 6.92 Å². The van der Waals surface area contributed by atoms with Gasteiger partial charge in [0.05, 0.1) is 5.60 Å². The van der Waals surface area contributed by atoms with E-state index in [1.54, 1.807) is 0 Å². The third-order valence-electron chi connectivity index (χ3n) is 2.86. The lowest BCUT2D eigenvalue weighted by molar-refractivity contribution is 0.0444. The highest BCUT2D eigenvalue weighted by molar-refractivity contribution is 5.00. The molecule has 2 unspecified atom stereocenters. The molecule has 2 nitrogen and oxygen atoms in total. The molecule has 1 aliphatic rings. The second-order valence-electron chi connectivity index (χ2n) is 4.12. The van der Waals surface area contributed by atoms with Crippen molar-refractivity contribution in [2.24, 2.45) is 0 Å². The maximum atomic E-state index is 10.1. The summed E-state index contributed by atoms with van der Waals surface area (Å²) in [6, 6.07) is 0.500. The number of aliphatic hydroxyl groups is 1. The molecule has 0 spiro atoms. The van der Waals surface area contributed by atoms with Crippen LogP contribution in [-0.2, 0) is 0 Å². The summed E-state index contributed by atoms with van der Waals surface area (Å²) in [4.78, 5) is 2.21. The zero-order chi connectivity index (χ0) is 9.90. The van der Waals surface area contributed by atoms with Gasteiger partial charge < -0.3 is 10.0 Å². The van der Waals surface area contributed by atoms with Gasteiger partial charge in [0, 0.05) is 19.0 Å². The molecule has 1 heterocycles. The molecule has 0 aliphatic carbocycles. The summed E-state index contributed by atoms with van der Waals surface area (Å²) >= 11 is 0. The van der Waals surface area contributed by atoms with Crippen molar-refractivity contribution < 1.29 is 5.11 Å². The first-order valence-corrected chi connectivity index (χ1v) is 4.90. The van der Waals surface area contributed by atoms with Crippen LogP contribution in [0.4, 0.5) is 0 Å². The van der Waals surface area contributed by atoms with Crippen LogP contribution in [0.3, 0.4) is 0 Å². The highest BCUT2D eigenvalue weighted by Crippen LogP contribution is 2.29.